The molecule has 0 aliphatic heterocycles. The molecule has 1 unspecified atom stereocenters. The lowest BCUT2D eigenvalue weighted by atomic mass is 10.0. The second-order valence-electron chi connectivity index (χ2n) is 4.47. The second-order valence-corrected chi connectivity index (χ2v) is 4.83. The molecule has 0 amide bonds. The summed E-state index contributed by atoms with van der Waals surface area (Å²) in [6.45, 7) is 10.6. The minimum Gasteiger partial charge on any atom is -0.303 e. The lowest BCUT2D eigenvalue weighted by Crippen LogP contribution is -2.28. The molecule has 0 radical (unpaired) electrons. The monoisotopic (exact) mass is 231 g/mol. The van der Waals surface area contributed by atoms with Gasteiger partial charge in [0.2, 0.25) is 0 Å². The second kappa shape index (κ2) is 10.8. The van der Waals surface area contributed by atoms with E-state index in [0.29, 0.717) is 0 Å². The first-order chi connectivity index (χ1) is 7.28. The molecule has 0 aliphatic carbocycles. The Labute approximate surface area is 102 Å². The van der Waals surface area contributed by atoms with E-state index in [-0.39, 0.29) is 0 Å². The van der Waals surface area contributed by atoms with Crippen LogP contribution in [0.1, 0.15) is 52.9 Å². The van der Waals surface area contributed by atoms with E-state index >= 15 is 0 Å². The number of hydrogen-bond acceptors (Lipinski definition) is 2. The molecule has 92 valence electrons. The van der Waals surface area contributed by atoms with Crippen LogP contribution in [0.4, 0.5) is 0 Å². The van der Waals surface area contributed by atoms with Gasteiger partial charge in [0.25, 0.3) is 0 Å². The summed E-state index contributed by atoms with van der Waals surface area (Å²) in [5.41, 5.74) is 0. The van der Waals surface area contributed by atoms with Crippen molar-refractivity contribution >= 4 is 12.6 Å². The van der Waals surface area contributed by atoms with E-state index in [1.807, 2.05) is 0 Å². The summed E-state index contributed by atoms with van der Waals surface area (Å²) in [5, 5.41) is 0. The third-order valence-corrected chi connectivity index (χ3v) is 3.40. The van der Waals surface area contributed by atoms with Gasteiger partial charge in [-0.05, 0) is 57.0 Å². The molecular weight excluding hydrogens is 202 g/mol. The van der Waals surface area contributed by atoms with Gasteiger partial charge in [0, 0.05) is 0 Å². The molecule has 0 aromatic heterocycles. The van der Waals surface area contributed by atoms with E-state index in [1.165, 1.54) is 51.7 Å². The van der Waals surface area contributed by atoms with Gasteiger partial charge < -0.3 is 4.90 Å². The molecule has 0 saturated heterocycles. The van der Waals surface area contributed by atoms with Crippen LogP contribution >= 0.6 is 12.6 Å². The van der Waals surface area contributed by atoms with Crippen LogP contribution in [0.25, 0.3) is 0 Å². The van der Waals surface area contributed by atoms with Crippen LogP contribution in [-0.4, -0.2) is 30.3 Å². The highest BCUT2D eigenvalue weighted by atomic mass is 32.1. The number of rotatable bonds is 10. The molecule has 0 bridgehead atoms. The standard InChI is InChI=1S/C13H29NS/c1-4-7-13(12-15)8-11-14(9-5-2)10-6-3/h13,15H,4-12H2,1-3H3. The Morgan fingerprint density at radius 1 is 0.867 bits per heavy atom. The summed E-state index contributed by atoms with van der Waals surface area (Å²) in [4.78, 5) is 2.60. The molecule has 2 heteroatoms. The third kappa shape index (κ3) is 8.15. The van der Waals surface area contributed by atoms with Crippen molar-refractivity contribution < 1.29 is 0 Å². The van der Waals surface area contributed by atoms with E-state index in [4.69, 9.17) is 0 Å². The van der Waals surface area contributed by atoms with Gasteiger partial charge in [-0.25, -0.2) is 0 Å². The van der Waals surface area contributed by atoms with E-state index in [1.54, 1.807) is 0 Å². The van der Waals surface area contributed by atoms with Crippen molar-refractivity contribution in [1.82, 2.24) is 4.90 Å². The fourth-order valence-corrected chi connectivity index (χ4v) is 2.43. The Hall–Kier alpha value is 0.310. The van der Waals surface area contributed by atoms with Crippen molar-refractivity contribution in [1.29, 1.82) is 0 Å². The van der Waals surface area contributed by atoms with Crippen molar-refractivity contribution in [3.05, 3.63) is 0 Å². The molecular formula is C13H29NS. The molecule has 0 N–H and O–H groups in total. The minimum atomic E-state index is 0.828. The van der Waals surface area contributed by atoms with Crippen LogP contribution in [0.3, 0.4) is 0 Å². The SMILES string of the molecule is CCCC(CS)CCN(CCC)CCC. The molecule has 1 nitrogen and oxygen atoms in total. The van der Waals surface area contributed by atoms with Crippen molar-refractivity contribution in [2.45, 2.75) is 52.9 Å². The summed E-state index contributed by atoms with van der Waals surface area (Å²) >= 11 is 4.44. The van der Waals surface area contributed by atoms with Crippen molar-refractivity contribution in [2.75, 3.05) is 25.4 Å². The quantitative estimate of drug-likeness (QED) is 0.559. The first-order valence-corrected chi connectivity index (χ1v) is 7.24. The molecule has 0 saturated carbocycles. The summed E-state index contributed by atoms with van der Waals surface area (Å²) < 4.78 is 0. The Morgan fingerprint density at radius 2 is 1.47 bits per heavy atom. The smallest absolute Gasteiger partial charge is 0.00158 e. The van der Waals surface area contributed by atoms with Crippen molar-refractivity contribution in [2.24, 2.45) is 5.92 Å². The lowest BCUT2D eigenvalue weighted by molar-refractivity contribution is 0.253. The van der Waals surface area contributed by atoms with Crippen LogP contribution < -0.4 is 0 Å². The minimum absolute atomic E-state index is 0.828. The topological polar surface area (TPSA) is 3.24 Å². The molecule has 0 heterocycles. The van der Waals surface area contributed by atoms with Crippen LogP contribution in [-0.2, 0) is 0 Å². The van der Waals surface area contributed by atoms with Crippen LogP contribution in [0.5, 0.6) is 0 Å². The first-order valence-electron chi connectivity index (χ1n) is 6.61. The first kappa shape index (κ1) is 15.3. The van der Waals surface area contributed by atoms with E-state index in [9.17, 15) is 0 Å². The van der Waals surface area contributed by atoms with Crippen LogP contribution in [0.2, 0.25) is 0 Å². The highest BCUT2D eigenvalue weighted by Crippen LogP contribution is 2.13. The number of nitrogens with zero attached hydrogens (tertiary/aromatic N) is 1. The Bertz CT molecular complexity index is 122. The number of hydrogen-bond donors (Lipinski definition) is 1. The average Bonchev–Trinajstić information content (AvgIpc) is 2.24. The average molecular weight is 231 g/mol. The Kier molecular flexibility index (Phi) is 11.0. The largest absolute Gasteiger partial charge is 0.303 e. The lowest BCUT2D eigenvalue weighted by Gasteiger charge is -2.23. The van der Waals surface area contributed by atoms with E-state index in [0.717, 1.165) is 11.7 Å². The van der Waals surface area contributed by atoms with Crippen LogP contribution in [0.15, 0.2) is 0 Å². The molecule has 15 heavy (non-hydrogen) atoms. The van der Waals surface area contributed by atoms with Crippen molar-refractivity contribution in [3.8, 4) is 0 Å². The number of thiol groups is 1. The Balaban J connectivity index is 3.73. The normalized spacial score (nSPS) is 13.4. The van der Waals surface area contributed by atoms with Gasteiger partial charge in [0.05, 0.1) is 0 Å². The zero-order valence-electron chi connectivity index (χ0n) is 10.8. The van der Waals surface area contributed by atoms with Gasteiger partial charge in [-0.15, -0.1) is 0 Å². The molecule has 0 fully saturated rings. The molecule has 0 aromatic rings. The van der Waals surface area contributed by atoms with Gasteiger partial charge in [0.1, 0.15) is 0 Å². The predicted molar refractivity (Wildman–Crippen MR) is 73.9 cm³/mol. The van der Waals surface area contributed by atoms with E-state index < -0.39 is 0 Å². The third-order valence-electron chi connectivity index (χ3n) is 2.89. The zero-order valence-corrected chi connectivity index (χ0v) is 11.7. The summed E-state index contributed by atoms with van der Waals surface area (Å²) in [5.74, 6) is 1.88. The summed E-state index contributed by atoms with van der Waals surface area (Å²) in [6.07, 6.45) is 6.53. The van der Waals surface area contributed by atoms with Gasteiger partial charge in [-0.1, -0.05) is 27.2 Å². The zero-order chi connectivity index (χ0) is 11.5. The predicted octanol–water partition coefficient (Wildman–Crippen LogP) is 3.84. The van der Waals surface area contributed by atoms with Crippen LogP contribution in [0, 0.1) is 5.92 Å². The summed E-state index contributed by atoms with van der Waals surface area (Å²) in [7, 11) is 0. The van der Waals surface area contributed by atoms with Gasteiger partial charge in [-0.2, -0.15) is 12.6 Å². The molecule has 1 atom stereocenters. The fraction of sp³-hybridized carbons (Fsp3) is 1.00. The Morgan fingerprint density at radius 3 is 1.87 bits per heavy atom. The highest BCUT2D eigenvalue weighted by molar-refractivity contribution is 7.80. The van der Waals surface area contributed by atoms with E-state index in [2.05, 4.69) is 38.3 Å². The highest BCUT2D eigenvalue weighted by Gasteiger charge is 2.08. The molecule has 0 spiro atoms. The van der Waals surface area contributed by atoms with Gasteiger partial charge in [-0.3, -0.25) is 0 Å². The maximum Gasteiger partial charge on any atom is -0.00158 e. The van der Waals surface area contributed by atoms with Crippen molar-refractivity contribution in [3.63, 3.8) is 0 Å². The van der Waals surface area contributed by atoms with Gasteiger partial charge >= 0.3 is 0 Å². The molecule has 0 aromatic carbocycles. The fourth-order valence-electron chi connectivity index (χ4n) is 2.07. The maximum absolute atomic E-state index is 4.44. The summed E-state index contributed by atoms with van der Waals surface area (Å²) in [6, 6.07) is 0. The maximum atomic E-state index is 4.44. The molecule has 0 rings (SSSR count). The van der Waals surface area contributed by atoms with Gasteiger partial charge in [0.15, 0.2) is 0 Å². The molecule has 0 aliphatic rings.